The Kier molecular flexibility index (Phi) is 5.00. The van der Waals surface area contributed by atoms with Crippen LogP contribution < -0.4 is 5.32 Å². The van der Waals surface area contributed by atoms with Crippen molar-refractivity contribution >= 4 is 22.6 Å². The number of nitrogens with zero attached hydrogens (tertiary/aromatic N) is 4. The van der Waals surface area contributed by atoms with Gasteiger partial charge in [-0.25, -0.2) is 4.98 Å². The van der Waals surface area contributed by atoms with Crippen molar-refractivity contribution in [2.75, 3.05) is 11.9 Å². The molecule has 1 N–H and O–H groups in total. The molecule has 0 spiro atoms. The summed E-state index contributed by atoms with van der Waals surface area (Å²) in [4.78, 5) is 18.9. The van der Waals surface area contributed by atoms with Crippen molar-refractivity contribution in [2.45, 2.75) is 39.3 Å². The molecule has 0 radical (unpaired) electrons. The van der Waals surface area contributed by atoms with E-state index in [9.17, 15) is 4.79 Å². The van der Waals surface area contributed by atoms with Crippen LogP contribution >= 0.6 is 11.5 Å². The molecule has 1 fully saturated rings. The van der Waals surface area contributed by atoms with Gasteiger partial charge >= 0.3 is 0 Å². The zero-order valence-electron chi connectivity index (χ0n) is 15.3. The van der Waals surface area contributed by atoms with Gasteiger partial charge in [-0.3, -0.25) is 15.0 Å². The molecule has 7 nitrogen and oxygen atoms in total. The number of nitrogens with one attached hydrogen (secondary N) is 1. The highest BCUT2D eigenvalue weighted by molar-refractivity contribution is 7.09. The SMILES string of the molecule is Cc1noc(C)c1[C@H]1CCCN1Cc1cccc(C(=O)Nc2ncns2)c1. The molecule has 27 heavy (non-hydrogen) atoms. The molecule has 1 atom stereocenters. The van der Waals surface area contributed by atoms with E-state index in [1.165, 1.54) is 11.9 Å². The van der Waals surface area contributed by atoms with Crippen molar-refractivity contribution in [1.82, 2.24) is 19.4 Å². The van der Waals surface area contributed by atoms with Crippen LogP contribution in [-0.2, 0) is 6.54 Å². The number of amides is 1. The number of carbonyl (C=O) groups excluding carboxylic acids is 1. The summed E-state index contributed by atoms with van der Waals surface area (Å²) in [5.41, 5.74) is 3.90. The third kappa shape index (κ3) is 3.77. The molecule has 3 aromatic rings. The lowest BCUT2D eigenvalue weighted by atomic mass is 10.0. The topological polar surface area (TPSA) is 84.2 Å². The highest BCUT2D eigenvalue weighted by Crippen LogP contribution is 2.36. The van der Waals surface area contributed by atoms with Gasteiger partial charge in [-0.2, -0.15) is 4.37 Å². The number of hydrogen-bond acceptors (Lipinski definition) is 7. The maximum atomic E-state index is 12.4. The third-order valence-corrected chi connectivity index (χ3v) is 5.52. The zero-order valence-corrected chi connectivity index (χ0v) is 16.1. The van der Waals surface area contributed by atoms with E-state index in [2.05, 4.69) is 30.8 Å². The lowest BCUT2D eigenvalue weighted by Crippen LogP contribution is -2.23. The summed E-state index contributed by atoms with van der Waals surface area (Å²) in [7, 11) is 0. The fourth-order valence-electron chi connectivity index (χ4n) is 3.75. The van der Waals surface area contributed by atoms with Gasteiger partial charge in [-0.1, -0.05) is 17.3 Å². The second-order valence-corrected chi connectivity index (χ2v) is 7.55. The highest BCUT2D eigenvalue weighted by atomic mass is 32.1. The maximum absolute atomic E-state index is 12.4. The first-order valence-corrected chi connectivity index (χ1v) is 9.73. The lowest BCUT2D eigenvalue weighted by molar-refractivity contribution is 0.102. The normalized spacial score (nSPS) is 17.3. The molecule has 1 aliphatic heterocycles. The predicted molar refractivity (Wildman–Crippen MR) is 103 cm³/mol. The van der Waals surface area contributed by atoms with Gasteiger partial charge in [0.1, 0.15) is 12.1 Å². The molecule has 2 aromatic heterocycles. The van der Waals surface area contributed by atoms with E-state index >= 15 is 0 Å². The Morgan fingerprint density at radius 2 is 2.30 bits per heavy atom. The number of benzene rings is 1. The van der Waals surface area contributed by atoms with Crippen LogP contribution in [0.15, 0.2) is 35.1 Å². The number of rotatable bonds is 5. The molecule has 1 amide bonds. The van der Waals surface area contributed by atoms with E-state index in [-0.39, 0.29) is 5.91 Å². The number of aromatic nitrogens is 3. The number of likely N-dealkylation sites (tertiary alicyclic amines) is 1. The Labute approximate surface area is 161 Å². The molecule has 8 heteroatoms. The molecule has 0 saturated carbocycles. The average Bonchev–Trinajstić information content (AvgIpc) is 3.39. The summed E-state index contributed by atoms with van der Waals surface area (Å²) >= 11 is 1.16. The number of aryl methyl sites for hydroxylation is 2. The van der Waals surface area contributed by atoms with E-state index in [1.54, 1.807) is 0 Å². The molecule has 140 valence electrons. The fraction of sp³-hybridized carbons (Fsp3) is 0.368. The van der Waals surface area contributed by atoms with Gasteiger partial charge in [0.15, 0.2) is 0 Å². The molecule has 0 bridgehead atoms. The van der Waals surface area contributed by atoms with Crippen LogP contribution in [0.4, 0.5) is 5.13 Å². The van der Waals surface area contributed by atoms with Gasteiger partial charge in [-0.05, 0) is 50.9 Å². The lowest BCUT2D eigenvalue weighted by Gasteiger charge is -2.24. The zero-order chi connectivity index (χ0) is 18.8. The Bertz CT molecular complexity index is 918. The van der Waals surface area contributed by atoms with E-state index in [1.807, 2.05) is 32.0 Å². The van der Waals surface area contributed by atoms with Gasteiger partial charge in [0, 0.05) is 35.2 Å². The minimum atomic E-state index is -0.169. The minimum Gasteiger partial charge on any atom is -0.361 e. The summed E-state index contributed by atoms with van der Waals surface area (Å²) in [6.07, 6.45) is 3.67. The smallest absolute Gasteiger partial charge is 0.257 e. The Morgan fingerprint density at radius 1 is 1.41 bits per heavy atom. The van der Waals surface area contributed by atoms with Crippen LogP contribution in [0.3, 0.4) is 0 Å². The first-order chi connectivity index (χ1) is 13.1. The second-order valence-electron chi connectivity index (χ2n) is 6.77. The average molecular weight is 383 g/mol. The molecular weight excluding hydrogens is 362 g/mol. The largest absolute Gasteiger partial charge is 0.361 e. The molecule has 1 aliphatic rings. The van der Waals surface area contributed by atoms with E-state index in [0.717, 1.165) is 54.5 Å². The maximum Gasteiger partial charge on any atom is 0.257 e. The van der Waals surface area contributed by atoms with E-state index < -0.39 is 0 Å². The predicted octanol–water partition coefficient (Wildman–Crippen LogP) is 3.73. The third-order valence-electron chi connectivity index (χ3n) is 4.94. The van der Waals surface area contributed by atoms with Crippen LogP contribution in [0.2, 0.25) is 0 Å². The monoisotopic (exact) mass is 383 g/mol. The van der Waals surface area contributed by atoms with Crippen LogP contribution in [0.5, 0.6) is 0 Å². The highest BCUT2D eigenvalue weighted by Gasteiger charge is 2.30. The minimum absolute atomic E-state index is 0.169. The molecule has 0 aliphatic carbocycles. The molecule has 1 saturated heterocycles. The summed E-state index contributed by atoms with van der Waals surface area (Å²) in [5.74, 6) is 0.729. The second kappa shape index (κ2) is 7.58. The standard InChI is InChI=1S/C19H21N5O2S/c1-12-17(13(2)26-23-12)16-7-4-8-24(16)10-14-5-3-6-15(9-14)18(25)22-19-20-11-21-27-19/h3,5-6,9,11,16H,4,7-8,10H2,1-2H3,(H,20,21,22,25)/t16-/m1/s1. The first-order valence-electron chi connectivity index (χ1n) is 8.95. The van der Waals surface area contributed by atoms with E-state index in [4.69, 9.17) is 4.52 Å². The first kappa shape index (κ1) is 17.8. The Balaban J connectivity index is 1.50. The van der Waals surface area contributed by atoms with Gasteiger partial charge in [0.25, 0.3) is 5.91 Å². The number of hydrogen-bond donors (Lipinski definition) is 1. The van der Waals surface area contributed by atoms with Crippen molar-refractivity contribution in [3.63, 3.8) is 0 Å². The van der Waals surface area contributed by atoms with Gasteiger partial charge in [0.2, 0.25) is 5.13 Å². The van der Waals surface area contributed by atoms with Crippen LogP contribution in [0.1, 0.15) is 51.8 Å². The number of anilines is 1. The van der Waals surface area contributed by atoms with E-state index in [0.29, 0.717) is 16.7 Å². The van der Waals surface area contributed by atoms with Crippen molar-refractivity contribution in [2.24, 2.45) is 0 Å². The molecule has 4 rings (SSSR count). The van der Waals surface area contributed by atoms with Crippen LogP contribution in [0, 0.1) is 13.8 Å². The summed E-state index contributed by atoms with van der Waals surface area (Å²) in [6.45, 7) is 5.79. The molecule has 3 heterocycles. The van der Waals surface area contributed by atoms with Crippen LogP contribution in [0.25, 0.3) is 0 Å². The van der Waals surface area contributed by atoms with Crippen molar-refractivity contribution in [1.29, 1.82) is 0 Å². The Morgan fingerprint density at radius 3 is 3.04 bits per heavy atom. The quantitative estimate of drug-likeness (QED) is 0.723. The van der Waals surface area contributed by atoms with Crippen molar-refractivity contribution in [3.8, 4) is 0 Å². The summed E-state index contributed by atoms with van der Waals surface area (Å²) < 4.78 is 9.27. The summed E-state index contributed by atoms with van der Waals surface area (Å²) in [6, 6.07) is 8.06. The van der Waals surface area contributed by atoms with Crippen LogP contribution in [-0.4, -0.2) is 31.9 Å². The summed E-state index contributed by atoms with van der Waals surface area (Å²) in [5, 5.41) is 7.39. The van der Waals surface area contributed by atoms with Crippen molar-refractivity contribution in [3.05, 3.63) is 58.7 Å². The molecular formula is C19H21N5O2S. The number of carbonyl (C=O) groups is 1. The van der Waals surface area contributed by atoms with Crippen molar-refractivity contribution < 1.29 is 9.32 Å². The molecule has 1 aromatic carbocycles. The Hall–Kier alpha value is -2.58. The van der Waals surface area contributed by atoms with Gasteiger partial charge in [-0.15, -0.1) is 0 Å². The molecule has 0 unspecified atom stereocenters. The fourth-order valence-corrected chi connectivity index (χ4v) is 4.18. The van der Waals surface area contributed by atoms with Gasteiger partial charge < -0.3 is 4.52 Å². The van der Waals surface area contributed by atoms with Gasteiger partial charge in [0.05, 0.1) is 5.69 Å².